The summed E-state index contributed by atoms with van der Waals surface area (Å²) >= 11 is 5.82. The van der Waals surface area contributed by atoms with E-state index in [2.05, 4.69) is 27.9 Å². The maximum Gasteiger partial charge on any atom is 0.220 e. The van der Waals surface area contributed by atoms with Gasteiger partial charge in [0, 0.05) is 30.6 Å². The zero-order chi connectivity index (χ0) is 14.2. The minimum atomic E-state index is 0.0503. The van der Waals surface area contributed by atoms with Gasteiger partial charge in [-0.2, -0.15) is 12.6 Å². The summed E-state index contributed by atoms with van der Waals surface area (Å²) < 4.78 is 0. The minimum absolute atomic E-state index is 0.0503. The number of thiol groups is 1. The van der Waals surface area contributed by atoms with Crippen LogP contribution in [0.1, 0.15) is 37.7 Å². The van der Waals surface area contributed by atoms with Crippen molar-refractivity contribution in [3.63, 3.8) is 0 Å². The number of nitrogens with zero attached hydrogens (tertiary/aromatic N) is 2. The Morgan fingerprint density at radius 3 is 2.70 bits per heavy atom. The first-order valence-electron chi connectivity index (χ1n) is 7.13. The maximum atomic E-state index is 11.3. The molecule has 0 aromatic carbocycles. The van der Waals surface area contributed by atoms with Crippen LogP contribution in [0.3, 0.4) is 0 Å². The second kappa shape index (κ2) is 8.52. The molecule has 1 aliphatic carbocycles. The van der Waals surface area contributed by atoms with Gasteiger partial charge in [-0.15, -0.1) is 0 Å². The molecule has 1 fully saturated rings. The van der Waals surface area contributed by atoms with Crippen molar-refractivity contribution in [1.29, 1.82) is 0 Å². The normalized spacial score (nSPS) is 15.4. The number of carbonyl (C=O) groups excluding carboxylic acids is 1. The molecule has 0 aliphatic heterocycles. The second-order valence-electron chi connectivity index (χ2n) is 4.97. The van der Waals surface area contributed by atoms with Crippen LogP contribution in [0.5, 0.6) is 0 Å². The first kappa shape index (κ1) is 15.6. The van der Waals surface area contributed by atoms with Crippen molar-refractivity contribution >= 4 is 30.3 Å². The van der Waals surface area contributed by atoms with E-state index in [1.807, 2.05) is 12.4 Å². The Morgan fingerprint density at radius 2 is 2.05 bits per heavy atom. The van der Waals surface area contributed by atoms with Gasteiger partial charge in [0.1, 0.15) is 0 Å². The summed E-state index contributed by atoms with van der Waals surface area (Å²) in [5, 5.41) is 4.43. The van der Waals surface area contributed by atoms with Crippen molar-refractivity contribution in [2.24, 2.45) is 0 Å². The van der Waals surface area contributed by atoms with Crippen molar-refractivity contribution < 1.29 is 4.79 Å². The molecule has 20 heavy (non-hydrogen) atoms. The van der Waals surface area contributed by atoms with E-state index in [0.29, 0.717) is 24.0 Å². The molecule has 6 heteroatoms. The molecule has 1 saturated carbocycles. The van der Waals surface area contributed by atoms with Gasteiger partial charge in [-0.05, 0) is 30.6 Å². The third-order valence-electron chi connectivity index (χ3n) is 3.33. The fourth-order valence-corrected chi connectivity index (χ4v) is 3.52. The average molecular weight is 311 g/mol. The molecule has 0 saturated heterocycles. The van der Waals surface area contributed by atoms with Crippen LogP contribution in [0.2, 0.25) is 0 Å². The average Bonchev–Trinajstić information content (AvgIpc) is 2.94. The third-order valence-corrected chi connectivity index (χ3v) is 4.78. The molecule has 1 aromatic rings. The van der Waals surface area contributed by atoms with Gasteiger partial charge in [-0.25, -0.2) is 9.97 Å². The molecule has 1 aliphatic rings. The van der Waals surface area contributed by atoms with Gasteiger partial charge in [0.25, 0.3) is 0 Å². The summed E-state index contributed by atoms with van der Waals surface area (Å²) in [6.45, 7) is 0.630. The number of hydrogen-bond donors (Lipinski definition) is 2. The van der Waals surface area contributed by atoms with E-state index >= 15 is 0 Å². The Balaban J connectivity index is 1.72. The van der Waals surface area contributed by atoms with E-state index < -0.39 is 0 Å². The number of hydrogen-bond acceptors (Lipinski definition) is 5. The molecule has 1 amide bonds. The highest BCUT2D eigenvalue weighted by molar-refractivity contribution is 7.99. The van der Waals surface area contributed by atoms with Gasteiger partial charge < -0.3 is 5.32 Å². The zero-order valence-corrected chi connectivity index (χ0v) is 13.3. The molecule has 0 atom stereocenters. The number of thioether (sulfide) groups is 1. The second-order valence-corrected chi connectivity index (χ2v) is 6.69. The Labute approximate surface area is 130 Å². The largest absolute Gasteiger partial charge is 0.356 e. The van der Waals surface area contributed by atoms with Crippen molar-refractivity contribution in [1.82, 2.24) is 15.3 Å². The van der Waals surface area contributed by atoms with E-state index in [0.717, 1.165) is 17.1 Å². The van der Waals surface area contributed by atoms with Gasteiger partial charge in [0.05, 0.1) is 0 Å². The summed E-state index contributed by atoms with van der Waals surface area (Å²) in [5.41, 5.74) is 1.06. The number of nitrogens with one attached hydrogen (secondary N) is 1. The lowest BCUT2D eigenvalue weighted by atomic mass is 10.2. The Hall–Kier alpha value is -0.750. The van der Waals surface area contributed by atoms with Crippen molar-refractivity contribution in [3.8, 4) is 0 Å². The summed E-state index contributed by atoms with van der Waals surface area (Å²) in [5.74, 6) is 0.636. The van der Waals surface area contributed by atoms with Crippen LogP contribution in [0.15, 0.2) is 17.6 Å². The predicted octanol–water partition coefficient (Wildman–Crippen LogP) is 2.49. The minimum Gasteiger partial charge on any atom is -0.356 e. The van der Waals surface area contributed by atoms with Crippen LogP contribution in [-0.4, -0.2) is 33.4 Å². The van der Waals surface area contributed by atoms with Crippen LogP contribution >= 0.6 is 24.4 Å². The van der Waals surface area contributed by atoms with E-state index in [-0.39, 0.29) is 5.91 Å². The lowest BCUT2D eigenvalue weighted by molar-refractivity contribution is -0.120. The smallest absolute Gasteiger partial charge is 0.220 e. The highest BCUT2D eigenvalue weighted by Gasteiger charge is 2.17. The van der Waals surface area contributed by atoms with Gasteiger partial charge in [0.15, 0.2) is 5.16 Å². The highest BCUT2D eigenvalue weighted by Crippen LogP contribution is 2.32. The standard InChI is InChI=1S/C14H21N3OS2/c18-13(6-8-19)15-7-5-11-9-16-14(17-10-11)20-12-3-1-2-4-12/h9-10,12,19H,1-8H2,(H,15,18). The van der Waals surface area contributed by atoms with Crippen molar-refractivity contribution in [3.05, 3.63) is 18.0 Å². The number of carbonyl (C=O) groups is 1. The predicted molar refractivity (Wildman–Crippen MR) is 85.3 cm³/mol. The Kier molecular flexibility index (Phi) is 6.66. The van der Waals surface area contributed by atoms with Crippen LogP contribution in [0.4, 0.5) is 0 Å². The van der Waals surface area contributed by atoms with Crippen LogP contribution in [0.25, 0.3) is 0 Å². The monoisotopic (exact) mass is 311 g/mol. The fraction of sp³-hybridized carbons (Fsp3) is 0.643. The Bertz CT molecular complexity index is 419. The summed E-state index contributed by atoms with van der Waals surface area (Å²) in [6, 6.07) is 0. The SMILES string of the molecule is O=C(CCS)NCCc1cnc(SC2CCCC2)nc1. The third kappa shape index (κ3) is 5.32. The molecule has 1 heterocycles. The van der Waals surface area contributed by atoms with Gasteiger partial charge >= 0.3 is 0 Å². The molecule has 0 bridgehead atoms. The van der Waals surface area contributed by atoms with E-state index in [1.165, 1.54) is 25.7 Å². The van der Waals surface area contributed by atoms with E-state index in [1.54, 1.807) is 11.8 Å². The molecular formula is C14H21N3OS2. The molecule has 0 radical (unpaired) electrons. The Morgan fingerprint density at radius 1 is 1.35 bits per heavy atom. The van der Waals surface area contributed by atoms with Crippen molar-refractivity contribution in [2.45, 2.75) is 48.9 Å². The van der Waals surface area contributed by atoms with Gasteiger partial charge in [0.2, 0.25) is 5.91 Å². The molecule has 0 spiro atoms. The van der Waals surface area contributed by atoms with Crippen molar-refractivity contribution in [2.75, 3.05) is 12.3 Å². The van der Waals surface area contributed by atoms with Crippen LogP contribution in [0, 0.1) is 0 Å². The summed E-state index contributed by atoms with van der Waals surface area (Å²) in [4.78, 5) is 20.1. The molecule has 4 nitrogen and oxygen atoms in total. The lowest BCUT2D eigenvalue weighted by Crippen LogP contribution is -2.25. The number of aromatic nitrogens is 2. The lowest BCUT2D eigenvalue weighted by Gasteiger charge is -2.07. The molecule has 110 valence electrons. The van der Waals surface area contributed by atoms with E-state index in [9.17, 15) is 4.79 Å². The fourth-order valence-electron chi connectivity index (χ4n) is 2.22. The molecule has 1 aromatic heterocycles. The van der Waals surface area contributed by atoms with Gasteiger partial charge in [-0.3, -0.25) is 4.79 Å². The maximum absolute atomic E-state index is 11.3. The zero-order valence-electron chi connectivity index (χ0n) is 11.5. The van der Waals surface area contributed by atoms with E-state index in [4.69, 9.17) is 0 Å². The highest BCUT2D eigenvalue weighted by atomic mass is 32.2. The molecular weight excluding hydrogens is 290 g/mol. The quantitative estimate of drug-likeness (QED) is 0.600. The summed E-state index contributed by atoms with van der Waals surface area (Å²) in [7, 11) is 0. The summed E-state index contributed by atoms with van der Waals surface area (Å²) in [6.07, 6.45) is 10.2. The van der Waals surface area contributed by atoms with Crippen LogP contribution < -0.4 is 5.32 Å². The first-order chi connectivity index (χ1) is 9.78. The van der Waals surface area contributed by atoms with Gasteiger partial charge in [-0.1, -0.05) is 24.6 Å². The first-order valence-corrected chi connectivity index (χ1v) is 8.64. The number of rotatable bonds is 7. The molecule has 1 N–H and O–H groups in total. The number of amides is 1. The molecule has 2 rings (SSSR count). The topological polar surface area (TPSA) is 54.9 Å². The van der Waals surface area contributed by atoms with Crippen LogP contribution in [-0.2, 0) is 11.2 Å². The molecule has 0 unspecified atom stereocenters.